The summed E-state index contributed by atoms with van der Waals surface area (Å²) in [4.78, 5) is 19.3. The van der Waals surface area contributed by atoms with Crippen molar-refractivity contribution >= 4 is 17.5 Å². The number of hydrogen-bond donors (Lipinski definition) is 1. The molecule has 0 radical (unpaired) electrons. The fraction of sp³-hybridized carbons (Fsp3) is 0.583. The van der Waals surface area contributed by atoms with Crippen LogP contribution >= 0.6 is 11.6 Å². The summed E-state index contributed by atoms with van der Waals surface area (Å²) in [6.45, 7) is 1.02. The number of rotatable bonds is 5. The summed E-state index contributed by atoms with van der Waals surface area (Å²) < 4.78 is 5.64. The lowest BCUT2D eigenvalue weighted by molar-refractivity contribution is 0.0581. The zero-order chi connectivity index (χ0) is 12.8. The Morgan fingerprint density at radius 3 is 2.83 bits per heavy atom. The largest absolute Gasteiger partial charge is 0.376 e. The molecule has 18 heavy (non-hydrogen) atoms. The average molecular weight is 270 g/mol. The lowest BCUT2D eigenvalue weighted by Crippen LogP contribution is -2.29. The molecule has 98 valence electrons. The molecule has 1 aliphatic carbocycles. The molecule has 0 aromatic carbocycles. The van der Waals surface area contributed by atoms with Crippen molar-refractivity contribution in [2.75, 3.05) is 13.2 Å². The van der Waals surface area contributed by atoms with E-state index in [4.69, 9.17) is 16.3 Å². The number of halogens is 1. The van der Waals surface area contributed by atoms with Gasteiger partial charge in [0.2, 0.25) is 0 Å². The first kappa shape index (κ1) is 13.2. The minimum atomic E-state index is -0.255. The van der Waals surface area contributed by atoms with Crippen LogP contribution < -0.4 is 5.32 Å². The number of carbonyl (C=O) groups is 1. The Morgan fingerprint density at radius 1 is 1.39 bits per heavy atom. The van der Waals surface area contributed by atoms with E-state index < -0.39 is 0 Å². The van der Waals surface area contributed by atoms with Crippen LogP contribution in [0.4, 0.5) is 0 Å². The lowest BCUT2D eigenvalue weighted by atomic mass is 10.3. The van der Waals surface area contributed by atoms with Crippen LogP contribution in [0.15, 0.2) is 12.4 Å². The van der Waals surface area contributed by atoms with Gasteiger partial charge in [0, 0.05) is 6.54 Å². The number of nitrogens with zero attached hydrogens (tertiary/aromatic N) is 2. The van der Waals surface area contributed by atoms with E-state index in [0.717, 1.165) is 12.8 Å². The van der Waals surface area contributed by atoms with Gasteiger partial charge in [-0.2, -0.15) is 0 Å². The Labute approximate surface area is 111 Å². The summed E-state index contributed by atoms with van der Waals surface area (Å²) >= 11 is 5.59. The molecule has 1 amide bonds. The summed E-state index contributed by atoms with van der Waals surface area (Å²) in [6.07, 6.45) is 7.85. The number of ether oxygens (including phenoxy) is 1. The first-order valence-electron chi connectivity index (χ1n) is 6.13. The summed E-state index contributed by atoms with van der Waals surface area (Å²) in [5.41, 5.74) is 0.264. The average Bonchev–Trinajstić information content (AvgIpc) is 2.88. The van der Waals surface area contributed by atoms with Crippen molar-refractivity contribution in [3.05, 3.63) is 23.2 Å². The summed E-state index contributed by atoms with van der Waals surface area (Å²) in [5.74, 6) is -0.255. The Morgan fingerprint density at radius 2 is 2.17 bits per heavy atom. The second-order valence-electron chi connectivity index (χ2n) is 4.26. The van der Waals surface area contributed by atoms with E-state index in [2.05, 4.69) is 15.3 Å². The van der Waals surface area contributed by atoms with Crippen molar-refractivity contribution in [3.8, 4) is 0 Å². The Bertz CT molecular complexity index is 391. The van der Waals surface area contributed by atoms with Crippen molar-refractivity contribution in [2.24, 2.45) is 0 Å². The van der Waals surface area contributed by atoms with E-state index in [1.807, 2.05) is 0 Å². The molecule has 0 bridgehead atoms. The molecule has 1 heterocycles. The molecular weight excluding hydrogens is 254 g/mol. The molecule has 1 saturated carbocycles. The number of amides is 1. The van der Waals surface area contributed by atoms with Crippen LogP contribution in [-0.4, -0.2) is 35.1 Å². The highest BCUT2D eigenvalue weighted by atomic mass is 35.5. The van der Waals surface area contributed by atoms with Gasteiger partial charge in [-0.3, -0.25) is 4.79 Å². The second-order valence-corrected chi connectivity index (χ2v) is 4.64. The van der Waals surface area contributed by atoms with Gasteiger partial charge < -0.3 is 10.1 Å². The van der Waals surface area contributed by atoms with Crippen LogP contribution in [-0.2, 0) is 4.74 Å². The summed E-state index contributed by atoms with van der Waals surface area (Å²) in [7, 11) is 0. The van der Waals surface area contributed by atoms with E-state index >= 15 is 0 Å². The van der Waals surface area contributed by atoms with E-state index in [1.54, 1.807) is 0 Å². The highest BCUT2D eigenvalue weighted by Gasteiger charge is 2.15. The zero-order valence-corrected chi connectivity index (χ0v) is 10.8. The third-order valence-electron chi connectivity index (χ3n) is 2.90. The molecule has 1 aromatic rings. The van der Waals surface area contributed by atoms with Crippen LogP contribution in [0.2, 0.25) is 5.15 Å². The Hall–Kier alpha value is -1.20. The molecular formula is C12H16ClN3O2. The topological polar surface area (TPSA) is 64.1 Å². The molecule has 0 atom stereocenters. The smallest absolute Gasteiger partial charge is 0.271 e. The Balaban J connectivity index is 1.66. The first-order valence-corrected chi connectivity index (χ1v) is 6.51. The maximum atomic E-state index is 11.6. The summed E-state index contributed by atoms with van der Waals surface area (Å²) in [5, 5.41) is 3.01. The molecule has 6 heteroatoms. The quantitative estimate of drug-likeness (QED) is 0.828. The van der Waals surface area contributed by atoms with Gasteiger partial charge in [-0.25, -0.2) is 9.97 Å². The molecule has 0 spiro atoms. The van der Waals surface area contributed by atoms with Gasteiger partial charge in [-0.1, -0.05) is 24.4 Å². The van der Waals surface area contributed by atoms with Gasteiger partial charge in [-0.05, 0) is 12.8 Å². The van der Waals surface area contributed by atoms with Crippen LogP contribution in [0.1, 0.15) is 36.2 Å². The van der Waals surface area contributed by atoms with Gasteiger partial charge >= 0.3 is 0 Å². The molecule has 1 fully saturated rings. The van der Waals surface area contributed by atoms with Crippen LogP contribution in [0.5, 0.6) is 0 Å². The van der Waals surface area contributed by atoms with Gasteiger partial charge in [0.15, 0.2) is 0 Å². The van der Waals surface area contributed by atoms with Crippen molar-refractivity contribution in [3.63, 3.8) is 0 Å². The number of carbonyl (C=O) groups excluding carboxylic acids is 1. The molecule has 1 aromatic heterocycles. The van der Waals surface area contributed by atoms with E-state index in [0.29, 0.717) is 19.3 Å². The normalized spacial score (nSPS) is 15.8. The SMILES string of the molecule is O=C(NCCOC1CCCC1)c1cnc(Cl)cn1. The molecule has 1 N–H and O–H groups in total. The second kappa shape index (κ2) is 6.66. The van der Waals surface area contributed by atoms with Crippen LogP contribution in [0.25, 0.3) is 0 Å². The fourth-order valence-corrected chi connectivity index (χ4v) is 2.06. The third kappa shape index (κ3) is 3.92. The molecule has 1 aliphatic rings. The van der Waals surface area contributed by atoms with E-state index in [-0.39, 0.29) is 16.8 Å². The number of nitrogens with one attached hydrogen (secondary N) is 1. The molecule has 0 unspecified atom stereocenters. The van der Waals surface area contributed by atoms with Crippen LogP contribution in [0, 0.1) is 0 Å². The maximum Gasteiger partial charge on any atom is 0.271 e. The van der Waals surface area contributed by atoms with Gasteiger partial charge in [0.25, 0.3) is 5.91 Å². The molecule has 0 aliphatic heterocycles. The van der Waals surface area contributed by atoms with Crippen molar-refractivity contribution in [1.29, 1.82) is 0 Å². The van der Waals surface area contributed by atoms with Crippen molar-refractivity contribution < 1.29 is 9.53 Å². The van der Waals surface area contributed by atoms with Gasteiger partial charge in [-0.15, -0.1) is 0 Å². The maximum absolute atomic E-state index is 11.6. The van der Waals surface area contributed by atoms with Gasteiger partial charge in [0.05, 0.1) is 25.1 Å². The Kier molecular flexibility index (Phi) is 4.90. The predicted octanol–water partition coefficient (Wildman–Crippen LogP) is 1.82. The minimum absolute atomic E-state index is 0.255. The molecule has 2 rings (SSSR count). The fourth-order valence-electron chi connectivity index (χ4n) is 1.97. The number of hydrogen-bond acceptors (Lipinski definition) is 4. The highest BCUT2D eigenvalue weighted by molar-refractivity contribution is 6.29. The minimum Gasteiger partial charge on any atom is -0.376 e. The standard InChI is InChI=1S/C12H16ClN3O2/c13-11-8-15-10(7-16-11)12(17)14-5-6-18-9-3-1-2-4-9/h7-9H,1-6H2,(H,14,17). The van der Waals surface area contributed by atoms with E-state index in [1.165, 1.54) is 25.2 Å². The molecule has 5 nitrogen and oxygen atoms in total. The van der Waals surface area contributed by atoms with Crippen molar-refractivity contribution in [2.45, 2.75) is 31.8 Å². The number of aromatic nitrogens is 2. The van der Waals surface area contributed by atoms with Crippen LogP contribution in [0.3, 0.4) is 0 Å². The third-order valence-corrected chi connectivity index (χ3v) is 3.09. The summed E-state index contributed by atoms with van der Waals surface area (Å²) in [6, 6.07) is 0. The highest BCUT2D eigenvalue weighted by Crippen LogP contribution is 2.20. The predicted molar refractivity (Wildman–Crippen MR) is 67.6 cm³/mol. The first-order chi connectivity index (χ1) is 8.75. The zero-order valence-electron chi connectivity index (χ0n) is 10.1. The van der Waals surface area contributed by atoms with E-state index in [9.17, 15) is 4.79 Å². The molecule has 0 saturated heterocycles. The van der Waals surface area contributed by atoms with Crippen molar-refractivity contribution in [1.82, 2.24) is 15.3 Å². The van der Waals surface area contributed by atoms with Gasteiger partial charge in [0.1, 0.15) is 10.8 Å². The lowest BCUT2D eigenvalue weighted by Gasteiger charge is -2.11. The monoisotopic (exact) mass is 269 g/mol.